The van der Waals surface area contributed by atoms with E-state index in [1.165, 1.54) is 0 Å². The Bertz CT molecular complexity index is 282. The molecule has 0 fully saturated rings. The predicted molar refractivity (Wildman–Crippen MR) is 50.3 cm³/mol. The van der Waals surface area contributed by atoms with Crippen molar-refractivity contribution >= 4 is 23.9 Å². The number of ether oxygens (including phenoxy) is 1. The van der Waals surface area contributed by atoms with Crippen molar-refractivity contribution in [2.45, 2.75) is 26.3 Å². The molecule has 0 saturated heterocycles. The molecular formula is C8H13NO7. The van der Waals surface area contributed by atoms with Crippen LogP contribution in [0.4, 0.5) is 0 Å². The van der Waals surface area contributed by atoms with Gasteiger partial charge in [0.05, 0.1) is 6.42 Å². The summed E-state index contributed by atoms with van der Waals surface area (Å²) in [5, 5.41) is 15.7. The van der Waals surface area contributed by atoms with E-state index in [0.29, 0.717) is 0 Å². The molecule has 0 aromatic rings. The molecule has 0 aliphatic carbocycles. The fraction of sp³-hybridized carbons (Fsp3) is 0.500. The first-order valence-corrected chi connectivity index (χ1v) is 4.06. The standard InChI is InChI=1S/C6H9NO5.C2H4O2/c1-3(8)12-5(9)2-4(7)6(10)11;1-2(3)4/h4H,2,7H2,1H3,(H,10,11);1H3,(H,3,4)/t4-;/m0./s1. The van der Waals surface area contributed by atoms with Crippen LogP contribution in [0.1, 0.15) is 20.3 Å². The number of carboxylic acid groups (broad SMARTS) is 2. The van der Waals surface area contributed by atoms with Gasteiger partial charge < -0.3 is 20.7 Å². The summed E-state index contributed by atoms with van der Waals surface area (Å²) in [7, 11) is 0. The second kappa shape index (κ2) is 8.36. The lowest BCUT2D eigenvalue weighted by Crippen LogP contribution is -2.33. The maximum Gasteiger partial charge on any atom is 0.321 e. The van der Waals surface area contributed by atoms with Crippen molar-refractivity contribution in [1.82, 2.24) is 0 Å². The summed E-state index contributed by atoms with van der Waals surface area (Å²) < 4.78 is 4.05. The molecule has 0 radical (unpaired) electrons. The molecule has 1 atom stereocenters. The van der Waals surface area contributed by atoms with Gasteiger partial charge in [-0.2, -0.15) is 0 Å². The lowest BCUT2D eigenvalue weighted by Gasteiger charge is -2.03. The zero-order valence-electron chi connectivity index (χ0n) is 8.80. The number of hydrogen-bond donors (Lipinski definition) is 3. The Morgan fingerprint density at radius 1 is 1.19 bits per heavy atom. The SMILES string of the molecule is CC(=O)O.CC(=O)OC(=O)C[C@H](N)C(=O)O. The van der Waals surface area contributed by atoms with Gasteiger partial charge in [-0.05, 0) is 0 Å². The number of carboxylic acids is 2. The van der Waals surface area contributed by atoms with Gasteiger partial charge in [0.15, 0.2) is 0 Å². The Balaban J connectivity index is 0. The van der Waals surface area contributed by atoms with E-state index >= 15 is 0 Å². The van der Waals surface area contributed by atoms with E-state index < -0.39 is 36.3 Å². The van der Waals surface area contributed by atoms with E-state index in [1.54, 1.807) is 0 Å². The lowest BCUT2D eigenvalue weighted by atomic mass is 10.2. The second-order valence-corrected chi connectivity index (χ2v) is 2.63. The average Bonchev–Trinajstić information content (AvgIpc) is 2.00. The Hall–Kier alpha value is -1.96. The number of carbonyl (C=O) groups excluding carboxylic acids is 2. The summed E-state index contributed by atoms with van der Waals surface area (Å²) in [4.78, 5) is 39.9. The fourth-order valence-electron chi connectivity index (χ4n) is 0.469. The Morgan fingerprint density at radius 3 is 1.81 bits per heavy atom. The van der Waals surface area contributed by atoms with Crippen LogP contribution in [0.2, 0.25) is 0 Å². The van der Waals surface area contributed by atoms with Crippen molar-refractivity contribution in [3.05, 3.63) is 0 Å². The van der Waals surface area contributed by atoms with Crippen molar-refractivity contribution in [2.24, 2.45) is 5.73 Å². The topological polar surface area (TPSA) is 144 Å². The van der Waals surface area contributed by atoms with Crippen molar-refractivity contribution in [2.75, 3.05) is 0 Å². The van der Waals surface area contributed by atoms with Gasteiger partial charge in [-0.25, -0.2) is 0 Å². The summed E-state index contributed by atoms with van der Waals surface area (Å²) >= 11 is 0. The largest absolute Gasteiger partial charge is 0.481 e. The molecule has 0 aromatic heterocycles. The Labute approximate surface area is 91.0 Å². The molecule has 0 rings (SSSR count). The minimum absolute atomic E-state index is 0.505. The van der Waals surface area contributed by atoms with Crippen LogP contribution in [0.5, 0.6) is 0 Å². The molecule has 0 amide bonds. The number of esters is 2. The van der Waals surface area contributed by atoms with Crippen molar-refractivity contribution in [3.8, 4) is 0 Å². The van der Waals surface area contributed by atoms with Gasteiger partial charge in [0.2, 0.25) is 0 Å². The van der Waals surface area contributed by atoms with Crippen molar-refractivity contribution in [1.29, 1.82) is 0 Å². The number of hydrogen-bond acceptors (Lipinski definition) is 6. The van der Waals surface area contributed by atoms with Crippen molar-refractivity contribution < 1.29 is 34.1 Å². The van der Waals surface area contributed by atoms with E-state index in [-0.39, 0.29) is 0 Å². The van der Waals surface area contributed by atoms with Crippen LogP contribution in [0.3, 0.4) is 0 Å². The van der Waals surface area contributed by atoms with E-state index in [1.807, 2.05) is 0 Å². The molecular weight excluding hydrogens is 222 g/mol. The first-order valence-electron chi connectivity index (χ1n) is 4.06. The van der Waals surface area contributed by atoms with Gasteiger partial charge in [0.25, 0.3) is 5.97 Å². The Morgan fingerprint density at radius 2 is 1.56 bits per heavy atom. The summed E-state index contributed by atoms with van der Waals surface area (Å²) in [5.74, 6) is -3.86. The number of aliphatic carboxylic acids is 2. The van der Waals surface area contributed by atoms with Crippen LogP contribution in [0.25, 0.3) is 0 Å². The zero-order chi connectivity index (χ0) is 13.3. The van der Waals surface area contributed by atoms with E-state index in [4.69, 9.17) is 20.7 Å². The van der Waals surface area contributed by atoms with Crippen LogP contribution in [0.15, 0.2) is 0 Å². The third-order valence-electron chi connectivity index (χ3n) is 0.961. The summed E-state index contributed by atoms with van der Waals surface area (Å²) in [5.41, 5.74) is 4.98. The highest BCUT2D eigenvalue weighted by Crippen LogP contribution is 1.92. The molecule has 0 spiro atoms. The van der Waals surface area contributed by atoms with Gasteiger partial charge in [0, 0.05) is 13.8 Å². The number of carbonyl (C=O) groups is 4. The first kappa shape index (κ1) is 16.5. The minimum atomic E-state index is -1.32. The fourth-order valence-corrected chi connectivity index (χ4v) is 0.469. The number of rotatable bonds is 3. The molecule has 4 N–H and O–H groups in total. The van der Waals surface area contributed by atoms with Gasteiger partial charge in [-0.1, -0.05) is 0 Å². The lowest BCUT2D eigenvalue weighted by molar-refractivity contribution is -0.160. The molecule has 8 nitrogen and oxygen atoms in total. The molecule has 0 bridgehead atoms. The summed E-state index contributed by atoms with van der Waals surface area (Å²) in [6, 6.07) is -1.32. The maximum atomic E-state index is 10.6. The molecule has 16 heavy (non-hydrogen) atoms. The smallest absolute Gasteiger partial charge is 0.321 e. The molecule has 0 aliphatic heterocycles. The molecule has 0 aliphatic rings. The highest BCUT2D eigenvalue weighted by molar-refractivity contribution is 5.87. The molecule has 0 saturated carbocycles. The molecule has 0 unspecified atom stereocenters. The highest BCUT2D eigenvalue weighted by atomic mass is 16.6. The third-order valence-corrected chi connectivity index (χ3v) is 0.961. The third kappa shape index (κ3) is 14.6. The van der Waals surface area contributed by atoms with Gasteiger partial charge in [0.1, 0.15) is 6.04 Å². The molecule has 0 aromatic carbocycles. The van der Waals surface area contributed by atoms with Crippen molar-refractivity contribution in [3.63, 3.8) is 0 Å². The van der Waals surface area contributed by atoms with Crippen LogP contribution in [-0.4, -0.2) is 40.1 Å². The van der Waals surface area contributed by atoms with Gasteiger partial charge in [-0.3, -0.25) is 19.2 Å². The average molecular weight is 235 g/mol. The highest BCUT2D eigenvalue weighted by Gasteiger charge is 2.18. The van der Waals surface area contributed by atoms with E-state index in [0.717, 1.165) is 13.8 Å². The molecule has 8 heteroatoms. The van der Waals surface area contributed by atoms with Crippen LogP contribution in [0, 0.1) is 0 Å². The normalized spacial score (nSPS) is 10.4. The van der Waals surface area contributed by atoms with Gasteiger partial charge >= 0.3 is 17.9 Å². The first-order chi connectivity index (χ1) is 7.16. The molecule has 92 valence electrons. The maximum absolute atomic E-state index is 10.6. The monoisotopic (exact) mass is 235 g/mol. The Kier molecular flexibility index (Phi) is 8.60. The van der Waals surface area contributed by atoms with Gasteiger partial charge in [-0.15, -0.1) is 0 Å². The van der Waals surface area contributed by atoms with E-state index in [9.17, 15) is 14.4 Å². The summed E-state index contributed by atoms with van der Waals surface area (Å²) in [6.45, 7) is 2.13. The second-order valence-electron chi connectivity index (χ2n) is 2.63. The molecule has 0 heterocycles. The van der Waals surface area contributed by atoms with Crippen LogP contribution in [-0.2, 0) is 23.9 Å². The summed E-state index contributed by atoms with van der Waals surface area (Å²) in [6.07, 6.45) is -0.505. The number of nitrogens with two attached hydrogens (primary N) is 1. The quantitative estimate of drug-likeness (QED) is 0.416. The van der Waals surface area contributed by atoms with Crippen LogP contribution < -0.4 is 5.73 Å². The zero-order valence-corrected chi connectivity index (χ0v) is 8.80. The van der Waals surface area contributed by atoms with E-state index in [2.05, 4.69) is 4.74 Å². The minimum Gasteiger partial charge on any atom is -0.481 e. The predicted octanol–water partition coefficient (Wildman–Crippen LogP) is -1.03. The van der Waals surface area contributed by atoms with Crippen LogP contribution >= 0.6 is 0 Å².